The molecular weight excluding hydrogens is 212 g/mol. The zero-order valence-electron chi connectivity index (χ0n) is 11.2. The molecule has 0 aromatic heterocycles. The van der Waals surface area contributed by atoms with Gasteiger partial charge in [-0.05, 0) is 38.2 Å². The van der Waals surface area contributed by atoms with Crippen molar-refractivity contribution in [2.24, 2.45) is 17.8 Å². The third kappa shape index (κ3) is 2.91. The second-order valence-electron chi connectivity index (χ2n) is 5.94. The molecule has 2 heteroatoms. The summed E-state index contributed by atoms with van der Waals surface area (Å²) >= 11 is 0. The number of ether oxygens (including phenoxy) is 1. The van der Waals surface area contributed by atoms with Gasteiger partial charge < -0.3 is 4.74 Å². The Hall–Kier alpha value is -0.790. The van der Waals surface area contributed by atoms with Gasteiger partial charge in [0.05, 0.1) is 5.92 Å². The van der Waals surface area contributed by atoms with E-state index in [4.69, 9.17) is 4.74 Å². The zero-order chi connectivity index (χ0) is 12.4. The summed E-state index contributed by atoms with van der Waals surface area (Å²) in [6.07, 6.45) is 8.33. The summed E-state index contributed by atoms with van der Waals surface area (Å²) in [4.78, 5) is 11.7. The van der Waals surface area contributed by atoms with E-state index in [0.29, 0.717) is 5.92 Å². The van der Waals surface area contributed by atoms with Crippen LogP contribution in [0.4, 0.5) is 0 Å². The number of carbonyl (C=O) groups excluding carboxylic acids is 1. The fourth-order valence-corrected chi connectivity index (χ4v) is 3.07. The zero-order valence-corrected chi connectivity index (χ0v) is 11.2. The van der Waals surface area contributed by atoms with Crippen LogP contribution in [0.5, 0.6) is 0 Å². The van der Waals surface area contributed by atoms with Gasteiger partial charge in [0.1, 0.15) is 6.10 Å². The van der Waals surface area contributed by atoms with E-state index < -0.39 is 0 Å². The summed E-state index contributed by atoms with van der Waals surface area (Å²) in [5.41, 5.74) is 1.39. The lowest BCUT2D eigenvalue weighted by molar-refractivity contribution is -0.142. The molecule has 4 unspecified atom stereocenters. The summed E-state index contributed by atoms with van der Waals surface area (Å²) in [5, 5.41) is 0. The predicted molar refractivity (Wildman–Crippen MR) is 68.5 cm³/mol. The number of esters is 1. The van der Waals surface area contributed by atoms with Gasteiger partial charge >= 0.3 is 5.97 Å². The lowest BCUT2D eigenvalue weighted by Gasteiger charge is -2.21. The van der Waals surface area contributed by atoms with E-state index in [1.165, 1.54) is 24.8 Å². The van der Waals surface area contributed by atoms with Crippen LogP contribution in [0, 0.1) is 17.8 Å². The summed E-state index contributed by atoms with van der Waals surface area (Å²) in [6.45, 7) is 6.52. The van der Waals surface area contributed by atoms with Crippen molar-refractivity contribution in [1.29, 1.82) is 0 Å². The summed E-state index contributed by atoms with van der Waals surface area (Å²) in [7, 11) is 0. The predicted octanol–water partition coefficient (Wildman–Crippen LogP) is 3.71. The molecule has 0 spiro atoms. The molecule has 0 radical (unpaired) electrons. The largest absolute Gasteiger partial charge is 0.458 e. The smallest absolute Gasteiger partial charge is 0.309 e. The van der Waals surface area contributed by atoms with Crippen molar-refractivity contribution in [1.82, 2.24) is 0 Å². The minimum atomic E-state index is -0.00375. The molecule has 4 atom stereocenters. The first kappa shape index (κ1) is 12.7. The van der Waals surface area contributed by atoms with Crippen LogP contribution in [0.2, 0.25) is 0 Å². The Kier molecular flexibility index (Phi) is 3.90. The fourth-order valence-electron chi connectivity index (χ4n) is 3.07. The SMILES string of the molecule is C/C1=C/C2OC(=O)C(C)C2CCC(C)CCC1. The molecule has 2 aliphatic rings. The van der Waals surface area contributed by atoms with Crippen molar-refractivity contribution in [3.63, 3.8) is 0 Å². The van der Waals surface area contributed by atoms with Crippen molar-refractivity contribution in [3.05, 3.63) is 11.6 Å². The van der Waals surface area contributed by atoms with Crippen molar-refractivity contribution in [3.8, 4) is 0 Å². The molecular formula is C15H24O2. The quantitative estimate of drug-likeness (QED) is 0.473. The number of hydrogen-bond acceptors (Lipinski definition) is 2. The molecule has 1 aliphatic heterocycles. The van der Waals surface area contributed by atoms with Crippen LogP contribution in [0.25, 0.3) is 0 Å². The third-order valence-electron chi connectivity index (χ3n) is 4.40. The maximum atomic E-state index is 11.7. The van der Waals surface area contributed by atoms with Crippen molar-refractivity contribution < 1.29 is 9.53 Å². The van der Waals surface area contributed by atoms with E-state index in [9.17, 15) is 4.79 Å². The molecule has 2 rings (SSSR count). The van der Waals surface area contributed by atoms with Gasteiger partial charge in [0, 0.05) is 5.92 Å². The topological polar surface area (TPSA) is 26.3 Å². The van der Waals surface area contributed by atoms with Crippen molar-refractivity contribution in [2.45, 2.75) is 59.0 Å². The molecule has 96 valence electrons. The van der Waals surface area contributed by atoms with E-state index in [1.54, 1.807) is 0 Å². The normalized spacial score (nSPS) is 42.3. The molecule has 0 aromatic rings. The van der Waals surface area contributed by atoms with E-state index in [2.05, 4.69) is 19.9 Å². The minimum absolute atomic E-state index is 0.00375. The number of allylic oxidation sites excluding steroid dienone is 1. The monoisotopic (exact) mass is 236 g/mol. The fraction of sp³-hybridized carbons (Fsp3) is 0.800. The molecule has 0 saturated carbocycles. The molecule has 1 saturated heterocycles. The molecule has 17 heavy (non-hydrogen) atoms. The molecule has 1 heterocycles. The first-order valence-electron chi connectivity index (χ1n) is 6.95. The maximum Gasteiger partial charge on any atom is 0.309 e. The Labute approximate surface area is 104 Å². The Morgan fingerprint density at radius 1 is 1.24 bits per heavy atom. The van der Waals surface area contributed by atoms with E-state index >= 15 is 0 Å². The summed E-state index contributed by atoms with van der Waals surface area (Å²) < 4.78 is 5.50. The third-order valence-corrected chi connectivity index (χ3v) is 4.40. The Bertz CT molecular complexity index is 319. The van der Waals surface area contributed by atoms with Gasteiger partial charge in [-0.1, -0.05) is 32.3 Å². The van der Waals surface area contributed by atoms with Crippen molar-refractivity contribution in [2.75, 3.05) is 0 Å². The molecule has 2 nitrogen and oxygen atoms in total. The molecule has 0 N–H and O–H groups in total. The molecule has 0 bridgehead atoms. The number of carbonyl (C=O) groups is 1. The number of rotatable bonds is 0. The first-order chi connectivity index (χ1) is 8.08. The number of hydrogen-bond donors (Lipinski definition) is 0. The molecule has 1 aliphatic carbocycles. The summed E-state index contributed by atoms with van der Waals surface area (Å²) in [6, 6.07) is 0. The highest BCUT2D eigenvalue weighted by Gasteiger charge is 2.40. The van der Waals surface area contributed by atoms with Crippen LogP contribution in [0.3, 0.4) is 0 Å². The Morgan fingerprint density at radius 2 is 2.00 bits per heavy atom. The van der Waals surface area contributed by atoms with Gasteiger partial charge in [-0.15, -0.1) is 0 Å². The lowest BCUT2D eigenvalue weighted by Crippen LogP contribution is -2.19. The van der Waals surface area contributed by atoms with Crippen LogP contribution in [-0.4, -0.2) is 12.1 Å². The van der Waals surface area contributed by atoms with Gasteiger partial charge in [0.15, 0.2) is 0 Å². The molecule has 1 fully saturated rings. The van der Waals surface area contributed by atoms with Crippen LogP contribution in [0.1, 0.15) is 52.9 Å². The number of fused-ring (bicyclic) bond motifs is 1. The molecule has 0 amide bonds. The van der Waals surface area contributed by atoms with E-state index in [0.717, 1.165) is 18.8 Å². The average Bonchev–Trinajstić information content (AvgIpc) is 2.52. The summed E-state index contributed by atoms with van der Waals surface area (Å²) in [5.74, 6) is 1.26. The van der Waals surface area contributed by atoms with Crippen LogP contribution >= 0.6 is 0 Å². The highest BCUT2D eigenvalue weighted by Crippen LogP contribution is 2.35. The average molecular weight is 236 g/mol. The maximum absolute atomic E-state index is 11.7. The van der Waals surface area contributed by atoms with Crippen LogP contribution < -0.4 is 0 Å². The van der Waals surface area contributed by atoms with Gasteiger partial charge in [-0.2, -0.15) is 0 Å². The standard InChI is InChI=1S/C15H24O2/c1-10-5-4-6-11(2)9-14-13(8-7-10)12(3)15(16)17-14/h9-10,12-14H,4-8H2,1-3H3/b11-9-. The second-order valence-corrected chi connectivity index (χ2v) is 5.94. The van der Waals surface area contributed by atoms with E-state index in [-0.39, 0.29) is 18.0 Å². The lowest BCUT2D eigenvalue weighted by atomic mass is 9.82. The first-order valence-corrected chi connectivity index (χ1v) is 6.95. The van der Waals surface area contributed by atoms with E-state index in [1.807, 2.05) is 6.92 Å². The molecule has 0 aromatic carbocycles. The highest BCUT2D eigenvalue weighted by atomic mass is 16.6. The van der Waals surface area contributed by atoms with Gasteiger partial charge in [0.25, 0.3) is 0 Å². The minimum Gasteiger partial charge on any atom is -0.458 e. The Morgan fingerprint density at radius 3 is 2.76 bits per heavy atom. The van der Waals surface area contributed by atoms with Crippen LogP contribution in [0.15, 0.2) is 11.6 Å². The highest BCUT2D eigenvalue weighted by molar-refractivity contribution is 5.75. The van der Waals surface area contributed by atoms with Gasteiger partial charge in [-0.25, -0.2) is 0 Å². The van der Waals surface area contributed by atoms with Crippen LogP contribution in [-0.2, 0) is 9.53 Å². The van der Waals surface area contributed by atoms with Crippen molar-refractivity contribution >= 4 is 5.97 Å². The van der Waals surface area contributed by atoms with Gasteiger partial charge in [-0.3, -0.25) is 4.79 Å². The van der Waals surface area contributed by atoms with Gasteiger partial charge in [0.2, 0.25) is 0 Å². The Balaban J connectivity index is 2.16. The second kappa shape index (κ2) is 5.24.